The number of benzene rings is 3. The Hall–Kier alpha value is -5.24. The Morgan fingerprint density at radius 2 is 1.47 bits per heavy atom. The molecule has 2 atom stereocenters. The Balaban J connectivity index is 1.17. The minimum Gasteiger partial charge on any atom is -0.488 e. The minimum absolute atomic E-state index is 0.0430. The van der Waals surface area contributed by atoms with E-state index in [1.54, 1.807) is 45.0 Å². The minimum atomic E-state index is -0.708. The second-order valence-corrected chi connectivity index (χ2v) is 15.5. The largest absolute Gasteiger partial charge is 0.488 e. The topological polar surface area (TPSA) is 121 Å². The molecule has 3 aliphatic rings. The van der Waals surface area contributed by atoms with Gasteiger partial charge in [0.05, 0.1) is 12.6 Å². The molecular formula is C41H49F2N5O7. The van der Waals surface area contributed by atoms with Gasteiger partial charge in [0.1, 0.15) is 34.8 Å². The highest BCUT2D eigenvalue weighted by Crippen LogP contribution is 2.34. The van der Waals surface area contributed by atoms with Crippen LogP contribution in [0.2, 0.25) is 0 Å². The maximum absolute atomic E-state index is 14.7. The summed E-state index contributed by atoms with van der Waals surface area (Å²) in [5.74, 6) is -1.40. The standard InChI is InChI=1S/C41H49F2N5O7/c1-26(2)35-25-46(37(49)29-20-31(43)23-33(21-29)54-39(51)45-16-13-44-14-17-45)18-19-48(35)38(50)28-8-11-36(34(22-28)27-6-9-30(42)10-7-27)53-32-12-15-47(24-32)40(52)55-41(3,4)5/h6-11,20-23,26,32,35,44H,12-19,24-25H2,1-5H3/t32-,35+/m0/s1. The molecule has 3 aliphatic heterocycles. The van der Waals surface area contributed by atoms with Crippen molar-refractivity contribution in [2.75, 3.05) is 58.9 Å². The Bertz CT molecular complexity index is 1890. The highest BCUT2D eigenvalue weighted by atomic mass is 19.1. The van der Waals surface area contributed by atoms with Crippen molar-refractivity contribution < 1.29 is 42.2 Å². The number of amides is 4. The van der Waals surface area contributed by atoms with E-state index in [2.05, 4.69) is 5.32 Å². The molecule has 0 spiro atoms. The lowest BCUT2D eigenvalue weighted by atomic mass is 9.96. The molecule has 55 heavy (non-hydrogen) atoms. The Kier molecular flexibility index (Phi) is 11.9. The van der Waals surface area contributed by atoms with Crippen molar-refractivity contribution in [1.82, 2.24) is 24.9 Å². The van der Waals surface area contributed by atoms with Gasteiger partial charge in [0.25, 0.3) is 11.8 Å². The molecule has 3 aromatic carbocycles. The number of rotatable bonds is 7. The number of carbonyl (C=O) groups excluding carboxylic acids is 4. The van der Waals surface area contributed by atoms with Crippen molar-refractivity contribution in [3.8, 4) is 22.6 Å². The van der Waals surface area contributed by atoms with E-state index in [0.29, 0.717) is 68.1 Å². The van der Waals surface area contributed by atoms with Gasteiger partial charge in [-0.2, -0.15) is 0 Å². The summed E-state index contributed by atoms with van der Waals surface area (Å²) < 4.78 is 46.1. The molecule has 3 aromatic rings. The number of likely N-dealkylation sites (tertiary alicyclic amines) is 1. The quantitative estimate of drug-likeness (QED) is 0.309. The van der Waals surface area contributed by atoms with E-state index in [9.17, 15) is 28.0 Å². The Morgan fingerprint density at radius 3 is 2.16 bits per heavy atom. The summed E-state index contributed by atoms with van der Waals surface area (Å²) in [5, 5.41) is 3.15. The summed E-state index contributed by atoms with van der Waals surface area (Å²) in [4.78, 5) is 59.8. The number of hydrogen-bond donors (Lipinski definition) is 1. The molecule has 4 amide bonds. The van der Waals surface area contributed by atoms with Gasteiger partial charge in [-0.1, -0.05) is 26.0 Å². The number of carbonyl (C=O) groups is 4. The lowest BCUT2D eigenvalue weighted by Gasteiger charge is -2.43. The fourth-order valence-electron chi connectivity index (χ4n) is 7.04. The van der Waals surface area contributed by atoms with Crippen molar-refractivity contribution in [2.45, 2.75) is 58.8 Å². The van der Waals surface area contributed by atoms with Crippen LogP contribution in [0.4, 0.5) is 18.4 Å². The molecule has 1 N–H and O–H groups in total. The molecular weight excluding hydrogens is 712 g/mol. The fraction of sp³-hybridized carbons (Fsp3) is 0.463. The monoisotopic (exact) mass is 761 g/mol. The molecule has 3 saturated heterocycles. The van der Waals surface area contributed by atoms with Crippen LogP contribution in [0.15, 0.2) is 60.7 Å². The van der Waals surface area contributed by atoms with Gasteiger partial charge in [0.15, 0.2) is 0 Å². The van der Waals surface area contributed by atoms with E-state index < -0.39 is 35.3 Å². The van der Waals surface area contributed by atoms with Gasteiger partial charge in [-0.05, 0) is 74.7 Å². The van der Waals surface area contributed by atoms with E-state index in [-0.39, 0.29) is 54.9 Å². The normalized spacial score (nSPS) is 19.1. The first-order valence-corrected chi connectivity index (χ1v) is 18.8. The van der Waals surface area contributed by atoms with Crippen molar-refractivity contribution >= 4 is 24.0 Å². The van der Waals surface area contributed by atoms with Crippen LogP contribution >= 0.6 is 0 Å². The van der Waals surface area contributed by atoms with Gasteiger partial charge in [-0.25, -0.2) is 18.4 Å². The number of ether oxygens (including phenoxy) is 3. The molecule has 0 radical (unpaired) electrons. The van der Waals surface area contributed by atoms with Gasteiger partial charge in [0.2, 0.25) is 0 Å². The first-order valence-electron chi connectivity index (χ1n) is 18.8. The average molecular weight is 762 g/mol. The van der Waals surface area contributed by atoms with Crippen LogP contribution in [0.5, 0.6) is 11.5 Å². The van der Waals surface area contributed by atoms with Crippen LogP contribution in [0.3, 0.4) is 0 Å². The number of hydrogen-bond acceptors (Lipinski definition) is 8. The van der Waals surface area contributed by atoms with Gasteiger partial charge in [-0.3, -0.25) is 9.59 Å². The summed E-state index contributed by atoms with van der Waals surface area (Å²) >= 11 is 0. The predicted molar refractivity (Wildman–Crippen MR) is 201 cm³/mol. The van der Waals surface area contributed by atoms with Crippen LogP contribution in [0, 0.1) is 17.6 Å². The molecule has 14 heteroatoms. The molecule has 0 aliphatic carbocycles. The number of nitrogens with zero attached hydrogens (tertiary/aromatic N) is 4. The smallest absolute Gasteiger partial charge is 0.415 e. The molecule has 6 rings (SSSR count). The third-order valence-corrected chi connectivity index (χ3v) is 9.91. The first kappa shape index (κ1) is 39.5. The van der Waals surface area contributed by atoms with Crippen molar-refractivity contribution in [3.63, 3.8) is 0 Å². The van der Waals surface area contributed by atoms with Gasteiger partial charge >= 0.3 is 12.2 Å². The van der Waals surface area contributed by atoms with Crippen LogP contribution in [0.1, 0.15) is 61.8 Å². The van der Waals surface area contributed by atoms with Crippen molar-refractivity contribution in [1.29, 1.82) is 0 Å². The zero-order chi connectivity index (χ0) is 39.4. The van der Waals surface area contributed by atoms with E-state index in [4.69, 9.17) is 14.2 Å². The molecule has 0 unspecified atom stereocenters. The second kappa shape index (κ2) is 16.6. The summed E-state index contributed by atoms with van der Waals surface area (Å²) in [6, 6.07) is 14.3. The lowest BCUT2D eigenvalue weighted by molar-refractivity contribution is 0.0275. The summed E-state index contributed by atoms with van der Waals surface area (Å²) in [6.07, 6.45) is -0.756. The van der Waals surface area contributed by atoms with E-state index in [1.165, 1.54) is 23.1 Å². The highest BCUT2D eigenvalue weighted by molar-refractivity contribution is 5.97. The first-order chi connectivity index (χ1) is 26.1. The Morgan fingerprint density at radius 1 is 0.745 bits per heavy atom. The predicted octanol–water partition coefficient (Wildman–Crippen LogP) is 6.05. The Labute approximate surface area is 320 Å². The van der Waals surface area contributed by atoms with E-state index in [0.717, 1.165) is 12.1 Å². The third kappa shape index (κ3) is 9.71. The van der Waals surface area contributed by atoms with Crippen LogP contribution in [0.25, 0.3) is 11.1 Å². The number of piperazine rings is 2. The van der Waals surface area contributed by atoms with Gasteiger partial charge in [0, 0.05) is 81.5 Å². The maximum atomic E-state index is 14.7. The second-order valence-electron chi connectivity index (χ2n) is 15.5. The maximum Gasteiger partial charge on any atom is 0.415 e. The van der Waals surface area contributed by atoms with E-state index >= 15 is 0 Å². The van der Waals surface area contributed by atoms with Crippen LogP contribution < -0.4 is 14.8 Å². The fourth-order valence-corrected chi connectivity index (χ4v) is 7.04. The third-order valence-electron chi connectivity index (χ3n) is 9.91. The average Bonchev–Trinajstić information content (AvgIpc) is 3.63. The highest BCUT2D eigenvalue weighted by Gasteiger charge is 2.36. The summed E-state index contributed by atoms with van der Waals surface area (Å²) in [6.45, 7) is 13.0. The van der Waals surface area contributed by atoms with Crippen LogP contribution in [-0.4, -0.2) is 120 Å². The van der Waals surface area contributed by atoms with Gasteiger partial charge in [-0.15, -0.1) is 0 Å². The van der Waals surface area contributed by atoms with Gasteiger partial charge < -0.3 is 39.1 Å². The van der Waals surface area contributed by atoms with Crippen molar-refractivity contribution in [2.24, 2.45) is 5.92 Å². The SMILES string of the molecule is CC(C)[C@H]1CN(C(=O)c2cc(F)cc(OC(=O)N3CCNCC3)c2)CCN1C(=O)c1ccc(O[C@H]2CCN(C(=O)OC(C)(C)C)C2)c(-c2ccc(F)cc2)c1. The summed E-state index contributed by atoms with van der Waals surface area (Å²) in [7, 11) is 0. The lowest BCUT2D eigenvalue weighted by Crippen LogP contribution is -2.58. The van der Waals surface area contributed by atoms with Crippen molar-refractivity contribution in [3.05, 3.63) is 83.4 Å². The molecule has 0 aromatic heterocycles. The van der Waals surface area contributed by atoms with Crippen LogP contribution in [-0.2, 0) is 4.74 Å². The molecule has 0 bridgehead atoms. The molecule has 3 fully saturated rings. The zero-order valence-corrected chi connectivity index (χ0v) is 32.0. The van der Waals surface area contributed by atoms with E-state index in [1.807, 2.05) is 34.6 Å². The number of halogens is 2. The molecule has 12 nitrogen and oxygen atoms in total. The number of nitrogens with one attached hydrogen (secondary N) is 1. The molecule has 3 heterocycles. The molecule has 0 saturated carbocycles. The molecule has 294 valence electrons. The zero-order valence-electron chi connectivity index (χ0n) is 32.0. The summed E-state index contributed by atoms with van der Waals surface area (Å²) in [5.41, 5.74) is 1.05.